The molecule has 1 aliphatic carbocycles. The van der Waals surface area contributed by atoms with Gasteiger partial charge in [-0.05, 0) is 30.5 Å². The minimum absolute atomic E-state index is 0.311. The van der Waals surface area contributed by atoms with Crippen LogP contribution in [0.3, 0.4) is 0 Å². The lowest BCUT2D eigenvalue weighted by Gasteiger charge is -2.21. The van der Waals surface area contributed by atoms with Gasteiger partial charge >= 0.3 is 0 Å². The molecule has 2 aromatic rings. The first-order valence-electron chi connectivity index (χ1n) is 9.61. The topological polar surface area (TPSA) is 68.1 Å². The number of sulfonamides is 1. The van der Waals surface area contributed by atoms with Crippen LogP contribution in [-0.2, 0) is 22.3 Å². The smallest absolute Gasteiger partial charge is 0.242 e. The van der Waals surface area contributed by atoms with Crippen LogP contribution in [0.2, 0.25) is 0 Å². The zero-order valence-electron chi connectivity index (χ0n) is 16.5. The standard InChI is InChI=1S/C20H28N4O2S2/c1-4-13-24-19(17-10-6-5-7-11-17)21-22-20(24)27-15-16-9-8-12-18(14-16)28(25,26)23(2)3/h4,8-9,12,14,17H,1,5-7,10-11,13,15H2,2-3H3. The summed E-state index contributed by atoms with van der Waals surface area (Å²) < 4.78 is 28.1. The molecule has 1 saturated carbocycles. The number of benzene rings is 1. The third-order valence-corrected chi connectivity index (χ3v) is 7.92. The molecule has 1 aromatic carbocycles. The summed E-state index contributed by atoms with van der Waals surface area (Å²) in [6, 6.07) is 7.09. The van der Waals surface area contributed by atoms with Crippen LogP contribution in [-0.4, -0.2) is 41.6 Å². The van der Waals surface area contributed by atoms with Gasteiger partial charge in [-0.1, -0.05) is 49.2 Å². The van der Waals surface area contributed by atoms with Crippen molar-refractivity contribution >= 4 is 21.8 Å². The van der Waals surface area contributed by atoms with Crippen molar-refractivity contribution in [2.75, 3.05) is 14.1 Å². The fraction of sp³-hybridized carbons (Fsp3) is 0.500. The summed E-state index contributed by atoms with van der Waals surface area (Å²) in [5.74, 6) is 2.17. The van der Waals surface area contributed by atoms with Gasteiger partial charge in [-0.3, -0.25) is 0 Å². The molecule has 0 aliphatic heterocycles. The van der Waals surface area contributed by atoms with Crippen molar-refractivity contribution in [1.29, 1.82) is 0 Å². The summed E-state index contributed by atoms with van der Waals surface area (Å²) in [6.45, 7) is 4.57. The van der Waals surface area contributed by atoms with Gasteiger partial charge in [-0.15, -0.1) is 16.8 Å². The van der Waals surface area contributed by atoms with Crippen LogP contribution >= 0.6 is 11.8 Å². The SMILES string of the molecule is C=CCn1c(SCc2cccc(S(=O)(=O)N(C)C)c2)nnc1C1CCCCC1. The van der Waals surface area contributed by atoms with E-state index < -0.39 is 10.0 Å². The lowest BCUT2D eigenvalue weighted by Crippen LogP contribution is -2.22. The Kier molecular flexibility index (Phi) is 6.95. The van der Waals surface area contributed by atoms with Crippen LogP contribution in [0.25, 0.3) is 0 Å². The van der Waals surface area contributed by atoms with Crippen molar-refractivity contribution < 1.29 is 8.42 Å². The van der Waals surface area contributed by atoms with Gasteiger partial charge in [0.05, 0.1) is 4.90 Å². The quantitative estimate of drug-likeness (QED) is 0.476. The number of nitrogens with zero attached hydrogens (tertiary/aromatic N) is 4. The van der Waals surface area contributed by atoms with Gasteiger partial charge in [-0.2, -0.15) is 0 Å². The van der Waals surface area contributed by atoms with Crippen molar-refractivity contribution in [1.82, 2.24) is 19.1 Å². The molecule has 1 heterocycles. The number of allylic oxidation sites excluding steroid dienone is 1. The van der Waals surface area contributed by atoms with E-state index in [9.17, 15) is 8.42 Å². The number of aromatic nitrogens is 3. The highest BCUT2D eigenvalue weighted by Crippen LogP contribution is 2.34. The maximum atomic E-state index is 12.4. The largest absolute Gasteiger partial charge is 0.302 e. The molecule has 6 nitrogen and oxygen atoms in total. The van der Waals surface area contributed by atoms with E-state index in [0.29, 0.717) is 23.1 Å². The Morgan fingerprint density at radius 1 is 1.25 bits per heavy atom. The maximum Gasteiger partial charge on any atom is 0.242 e. The number of thioether (sulfide) groups is 1. The maximum absolute atomic E-state index is 12.4. The van der Waals surface area contributed by atoms with E-state index in [0.717, 1.165) is 16.5 Å². The normalized spacial score (nSPS) is 15.8. The summed E-state index contributed by atoms with van der Waals surface area (Å²) in [5.41, 5.74) is 0.945. The van der Waals surface area contributed by atoms with E-state index in [1.54, 1.807) is 44.1 Å². The minimum Gasteiger partial charge on any atom is -0.302 e. The van der Waals surface area contributed by atoms with Crippen LogP contribution < -0.4 is 0 Å². The molecule has 1 fully saturated rings. The van der Waals surface area contributed by atoms with Crippen molar-refractivity contribution in [2.45, 2.75) is 60.4 Å². The average Bonchev–Trinajstić information content (AvgIpc) is 3.10. The molecule has 0 saturated heterocycles. The zero-order valence-corrected chi connectivity index (χ0v) is 18.2. The molecule has 0 unspecified atom stereocenters. The van der Waals surface area contributed by atoms with E-state index >= 15 is 0 Å². The van der Waals surface area contributed by atoms with Gasteiger partial charge < -0.3 is 4.57 Å². The molecule has 0 amide bonds. The van der Waals surface area contributed by atoms with Crippen LogP contribution in [0.5, 0.6) is 0 Å². The van der Waals surface area contributed by atoms with E-state index in [2.05, 4.69) is 21.3 Å². The first-order valence-corrected chi connectivity index (χ1v) is 12.0. The van der Waals surface area contributed by atoms with Crippen LogP contribution in [0.1, 0.15) is 49.4 Å². The number of hydrogen-bond donors (Lipinski definition) is 0. The van der Waals surface area contributed by atoms with Crippen molar-refractivity contribution in [3.8, 4) is 0 Å². The second kappa shape index (κ2) is 9.24. The first-order chi connectivity index (χ1) is 13.4. The van der Waals surface area contributed by atoms with Gasteiger partial charge in [0.15, 0.2) is 5.16 Å². The van der Waals surface area contributed by atoms with Gasteiger partial charge in [-0.25, -0.2) is 12.7 Å². The van der Waals surface area contributed by atoms with Crippen LogP contribution in [0.15, 0.2) is 47.0 Å². The molecule has 0 N–H and O–H groups in total. The average molecular weight is 421 g/mol. The van der Waals surface area contributed by atoms with Gasteiger partial charge in [0.25, 0.3) is 0 Å². The van der Waals surface area contributed by atoms with E-state index in [1.165, 1.54) is 36.4 Å². The Morgan fingerprint density at radius 3 is 2.68 bits per heavy atom. The zero-order chi connectivity index (χ0) is 20.1. The minimum atomic E-state index is -3.43. The van der Waals surface area contributed by atoms with Gasteiger partial charge in [0.1, 0.15) is 5.82 Å². The second-order valence-electron chi connectivity index (χ2n) is 7.30. The highest BCUT2D eigenvalue weighted by Gasteiger charge is 2.23. The van der Waals surface area contributed by atoms with Crippen LogP contribution in [0.4, 0.5) is 0 Å². The molecule has 3 rings (SSSR count). The highest BCUT2D eigenvalue weighted by molar-refractivity contribution is 7.98. The molecule has 28 heavy (non-hydrogen) atoms. The van der Waals surface area contributed by atoms with Crippen molar-refractivity contribution in [3.63, 3.8) is 0 Å². The molecular formula is C20H28N4O2S2. The van der Waals surface area contributed by atoms with E-state index in [1.807, 2.05) is 12.1 Å². The molecule has 1 aromatic heterocycles. The van der Waals surface area contributed by atoms with Crippen LogP contribution in [0, 0.1) is 0 Å². The summed E-state index contributed by atoms with van der Waals surface area (Å²) in [5, 5.41) is 9.78. The summed E-state index contributed by atoms with van der Waals surface area (Å²) in [7, 11) is -0.346. The van der Waals surface area contributed by atoms with Gasteiger partial charge in [0.2, 0.25) is 10.0 Å². The molecular weight excluding hydrogens is 392 g/mol. The predicted octanol–water partition coefficient (Wildman–Crippen LogP) is 4.05. The molecule has 1 aliphatic rings. The fourth-order valence-corrected chi connectivity index (χ4v) is 5.39. The van der Waals surface area contributed by atoms with Crippen molar-refractivity contribution in [2.24, 2.45) is 0 Å². The summed E-state index contributed by atoms with van der Waals surface area (Å²) in [6.07, 6.45) is 8.03. The molecule has 8 heteroatoms. The Balaban J connectivity index is 1.78. The van der Waals surface area contributed by atoms with E-state index in [4.69, 9.17) is 0 Å². The lowest BCUT2D eigenvalue weighted by molar-refractivity contribution is 0.415. The molecule has 152 valence electrons. The Morgan fingerprint density at radius 2 is 2.00 bits per heavy atom. The second-order valence-corrected chi connectivity index (χ2v) is 10.4. The predicted molar refractivity (Wildman–Crippen MR) is 113 cm³/mol. The summed E-state index contributed by atoms with van der Waals surface area (Å²) >= 11 is 1.59. The molecule has 0 atom stereocenters. The Labute approximate surface area is 172 Å². The van der Waals surface area contributed by atoms with Crippen molar-refractivity contribution in [3.05, 3.63) is 48.3 Å². The Bertz CT molecular complexity index is 916. The Hall–Kier alpha value is -1.64. The molecule has 0 bridgehead atoms. The molecule has 0 radical (unpaired) electrons. The highest BCUT2D eigenvalue weighted by atomic mass is 32.2. The molecule has 0 spiro atoms. The third kappa shape index (κ3) is 4.67. The monoisotopic (exact) mass is 420 g/mol. The number of rotatable bonds is 8. The third-order valence-electron chi connectivity index (χ3n) is 5.07. The fourth-order valence-electron chi connectivity index (χ4n) is 3.52. The first kappa shape index (κ1) is 21.1. The lowest BCUT2D eigenvalue weighted by atomic mass is 9.89. The van der Waals surface area contributed by atoms with Gasteiger partial charge in [0, 0.05) is 32.3 Å². The number of hydrogen-bond acceptors (Lipinski definition) is 5. The summed E-state index contributed by atoms with van der Waals surface area (Å²) in [4.78, 5) is 0.311. The van der Waals surface area contributed by atoms with E-state index in [-0.39, 0.29) is 0 Å².